The Bertz CT molecular complexity index is 973. The molecule has 0 spiro atoms. The van der Waals surface area contributed by atoms with Gasteiger partial charge in [-0.25, -0.2) is 0 Å². The highest BCUT2D eigenvalue weighted by atomic mass is 16.5. The minimum absolute atomic E-state index is 0.264. The SMILES string of the molecule is O=Cc1ccc2c(ccc3onc(C4CCC(=O)NC4=O)c32)c1. The molecule has 1 N–H and O–H groups in total. The summed E-state index contributed by atoms with van der Waals surface area (Å²) in [6, 6.07) is 8.95. The van der Waals surface area contributed by atoms with Crippen molar-refractivity contribution in [1.82, 2.24) is 10.5 Å². The van der Waals surface area contributed by atoms with Crippen LogP contribution >= 0.6 is 0 Å². The molecule has 0 bridgehead atoms. The molecule has 6 heteroatoms. The quantitative estimate of drug-likeness (QED) is 0.579. The Balaban J connectivity index is 1.94. The number of nitrogens with one attached hydrogen (secondary N) is 1. The lowest BCUT2D eigenvalue weighted by molar-refractivity contribution is -0.134. The molecule has 6 nitrogen and oxygen atoms in total. The second-order valence-electron chi connectivity index (χ2n) is 5.61. The number of amides is 2. The van der Waals surface area contributed by atoms with Crippen LogP contribution in [0.3, 0.4) is 0 Å². The molecular weight excluding hydrogens is 296 g/mol. The number of carbonyl (C=O) groups is 3. The van der Waals surface area contributed by atoms with E-state index in [1.807, 2.05) is 12.1 Å². The standard InChI is InChI=1S/C17H12N2O4/c20-8-9-1-3-11-10(7-9)2-5-13-15(11)16(19-23-13)12-4-6-14(21)18-17(12)22/h1-3,5,7-8,12H,4,6H2,(H,18,21,22). The van der Waals surface area contributed by atoms with Gasteiger partial charge in [0.05, 0.1) is 11.3 Å². The molecule has 1 atom stereocenters. The normalized spacial score (nSPS) is 18.3. The Hall–Kier alpha value is -3.02. The predicted octanol–water partition coefficient (Wildman–Crippen LogP) is 2.31. The van der Waals surface area contributed by atoms with Crippen molar-refractivity contribution in [2.24, 2.45) is 0 Å². The van der Waals surface area contributed by atoms with Crippen molar-refractivity contribution in [2.45, 2.75) is 18.8 Å². The van der Waals surface area contributed by atoms with Crippen molar-refractivity contribution in [3.05, 3.63) is 41.6 Å². The van der Waals surface area contributed by atoms with Crippen LogP contribution in [0.4, 0.5) is 0 Å². The van der Waals surface area contributed by atoms with E-state index in [9.17, 15) is 14.4 Å². The molecule has 1 fully saturated rings. The number of hydrogen-bond acceptors (Lipinski definition) is 5. The van der Waals surface area contributed by atoms with Gasteiger partial charge < -0.3 is 4.52 Å². The predicted molar refractivity (Wildman–Crippen MR) is 82.0 cm³/mol. The Morgan fingerprint density at radius 2 is 2.09 bits per heavy atom. The fourth-order valence-electron chi connectivity index (χ4n) is 3.08. The van der Waals surface area contributed by atoms with E-state index in [4.69, 9.17) is 4.52 Å². The highest BCUT2D eigenvalue weighted by Gasteiger charge is 2.32. The van der Waals surface area contributed by atoms with Gasteiger partial charge in [0.15, 0.2) is 5.58 Å². The lowest BCUT2D eigenvalue weighted by atomic mass is 9.91. The molecule has 2 amide bonds. The van der Waals surface area contributed by atoms with Crippen LogP contribution in [0.5, 0.6) is 0 Å². The van der Waals surface area contributed by atoms with Crippen LogP contribution in [-0.2, 0) is 9.59 Å². The zero-order valence-corrected chi connectivity index (χ0v) is 12.0. The number of imide groups is 1. The van der Waals surface area contributed by atoms with Crippen molar-refractivity contribution in [3.8, 4) is 0 Å². The van der Waals surface area contributed by atoms with E-state index in [2.05, 4.69) is 10.5 Å². The van der Waals surface area contributed by atoms with E-state index in [0.29, 0.717) is 23.3 Å². The first kappa shape index (κ1) is 13.6. The summed E-state index contributed by atoms with van der Waals surface area (Å²) < 4.78 is 5.36. The van der Waals surface area contributed by atoms with Crippen LogP contribution in [0, 0.1) is 0 Å². The highest BCUT2D eigenvalue weighted by Crippen LogP contribution is 2.35. The summed E-state index contributed by atoms with van der Waals surface area (Å²) >= 11 is 0. The van der Waals surface area contributed by atoms with Gasteiger partial charge >= 0.3 is 0 Å². The van der Waals surface area contributed by atoms with E-state index >= 15 is 0 Å². The molecule has 1 aromatic heterocycles. The molecule has 1 aliphatic heterocycles. The smallest absolute Gasteiger partial charge is 0.235 e. The van der Waals surface area contributed by atoms with Crippen molar-refractivity contribution in [1.29, 1.82) is 0 Å². The summed E-state index contributed by atoms with van der Waals surface area (Å²) in [4.78, 5) is 34.4. The Morgan fingerprint density at radius 3 is 2.87 bits per heavy atom. The second kappa shape index (κ2) is 5.01. The lowest BCUT2D eigenvalue weighted by Gasteiger charge is -2.19. The third-order valence-corrected chi connectivity index (χ3v) is 4.21. The van der Waals surface area contributed by atoms with Crippen LogP contribution in [0.1, 0.15) is 34.8 Å². The summed E-state index contributed by atoms with van der Waals surface area (Å²) in [6.45, 7) is 0. The fourth-order valence-corrected chi connectivity index (χ4v) is 3.08. The molecule has 4 rings (SSSR count). The largest absolute Gasteiger partial charge is 0.356 e. The number of piperidine rings is 1. The number of carbonyl (C=O) groups excluding carboxylic acids is 3. The van der Waals surface area contributed by atoms with Crippen LogP contribution in [0.2, 0.25) is 0 Å². The van der Waals surface area contributed by atoms with Crippen LogP contribution in [-0.4, -0.2) is 23.3 Å². The molecular formula is C17H12N2O4. The van der Waals surface area contributed by atoms with Gasteiger partial charge in [-0.2, -0.15) is 0 Å². The number of nitrogens with zero attached hydrogens (tertiary/aromatic N) is 1. The van der Waals surface area contributed by atoms with Crippen LogP contribution in [0.25, 0.3) is 21.7 Å². The monoisotopic (exact) mass is 308 g/mol. The number of rotatable bonds is 2. The zero-order chi connectivity index (χ0) is 16.0. The third-order valence-electron chi connectivity index (χ3n) is 4.21. The summed E-state index contributed by atoms with van der Waals surface area (Å²) in [6.07, 6.45) is 1.48. The van der Waals surface area contributed by atoms with Gasteiger partial charge in [-0.1, -0.05) is 23.4 Å². The lowest BCUT2D eigenvalue weighted by Crippen LogP contribution is -2.39. The van der Waals surface area contributed by atoms with Gasteiger partial charge in [-0.3, -0.25) is 19.7 Å². The topological polar surface area (TPSA) is 89.3 Å². The first-order valence-corrected chi connectivity index (χ1v) is 7.28. The maximum absolute atomic E-state index is 12.1. The number of benzene rings is 2. The van der Waals surface area contributed by atoms with Gasteiger partial charge in [0, 0.05) is 12.0 Å². The van der Waals surface area contributed by atoms with Crippen molar-refractivity contribution in [2.75, 3.05) is 0 Å². The zero-order valence-electron chi connectivity index (χ0n) is 12.0. The van der Waals surface area contributed by atoms with E-state index in [-0.39, 0.29) is 18.2 Å². The van der Waals surface area contributed by atoms with E-state index in [0.717, 1.165) is 22.4 Å². The molecule has 1 aliphatic rings. The minimum atomic E-state index is -0.509. The molecule has 114 valence electrons. The second-order valence-corrected chi connectivity index (χ2v) is 5.61. The Labute approximate surface area is 130 Å². The summed E-state index contributed by atoms with van der Waals surface area (Å²) in [5, 5.41) is 8.92. The van der Waals surface area contributed by atoms with Crippen molar-refractivity contribution in [3.63, 3.8) is 0 Å². The van der Waals surface area contributed by atoms with E-state index in [1.54, 1.807) is 18.2 Å². The van der Waals surface area contributed by atoms with Gasteiger partial charge in [-0.15, -0.1) is 0 Å². The molecule has 0 saturated carbocycles. The fraction of sp³-hybridized carbons (Fsp3) is 0.176. The van der Waals surface area contributed by atoms with Gasteiger partial charge in [-0.05, 0) is 29.3 Å². The Morgan fingerprint density at radius 1 is 1.22 bits per heavy atom. The van der Waals surface area contributed by atoms with Crippen molar-refractivity contribution >= 4 is 39.8 Å². The summed E-state index contributed by atoms with van der Waals surface area (Å²) in [7, 11) is 0. The molecule has 2 heterocycles. The van der Waals surface area contributed by atoms with Crippen LogP contribution < -0.4 is 5.32 Å². The minimum Gasteiger partial charge on any atom is -0.356 e. The van der Waals surface area contributed by atoms with Crippen molar-refractivity contribution < 1.29 is 18.9 Å². The molecule has 3 aromatic rings. The number of fused-ring (bicyclic) bond motifs is 3. The Kier molecular flexibility index (Phi) is 2.97. The number of aromatic nitrogens is 1. The maximum atomic E-state index is 12.1. The first-order chi connectivity index (χ1) is 11.2. The summed E-state index contributed by atoms with van der Waals surface area (Å²) in [5.41, 5.74) is 1.70. The molecule has 0 aliphatic carbocycles. The highest BCUT2D eigenvalue weighted by molar-refractivity contribution is 6.10. The van der Waals surface area contributed by atoms with E-state index < -0.39 is 5.92 Å². The molecule has 0 radical (unpaired) electrons. The molecule has 1 saturated heterocycles. The number of hydrogen-bond donors (Lipinski definition) is 1. The van der Waals surface area contributed by atoms with Crippen LogP contribution in [0.15, 0.2) is 34.9 Å². The van der Waals surface area contributed by atoms with Gasteiger partial charge in [0.25, 0.3) is 0 Å². The maximum Gasteiger partial charge on any atom is 0.235 e. The molecule has 2 aromatic carbocycles. The average Bonchev–Trinajstić information content (AvgIpc) is 2.98. The molecule has 1 unspecified atom stereocenters. The van der Waals surface area contributed by atoms with Gasteiger partial charge in [0.2, 0.25) is 11.8 Å². The third kappa shape index (κ3) is 2.11. The number of aldehydes is 1. The van der Waals surface area contributed by atoms with Gasteiger partial charge in [0.1, 0.15) is 12.0 Å². The molecule has 23 heavy (non-hydrogen) atoms. The first-order valence-electron chi connectivity index (χ1n) is 7.28. The average molecular weight is 308 g/mol. The summed E-state index contributed by atoms with van der Waals surface area (Å²) in [5.74, 6) is -1.12. The van der Waals surface area contributed by atoms with E-state index in [1.165, 1.54) is 0 Å².